The molecule has 0 aliphatic heterocycles. The number of hydrogen-bond donors (Lipinski definition) is 1. The Hall–Kier alpha value is -0.428. The number of carbonyl (C=O) groups is 1. The summed E-state index contributed by atoms with van der Waals surface area (Å²) in [6.07, 6.45) is 0. The molecule has 2 aromatic rings. The first kappa shape index (κ1) is 12.6. The predicted molar refractivity (Wildman–Crippen MR) is 58.6 cm³/mol. The summed E-state index contributed by atoms with van der Waals surface area (Å²) in [6.45, 7) is 0. The van der Waals surface area contributed by atoms with Crippen LogP contribution in [0.4, 0.5) is 0 Å². The van der Waals surface area contributed by atoms with Gasteiger partial charge in [0.15, 0.2) is 0 Å². The molecule has 0 spiro atoms. The molecule has 0 aliphatic carbocycles. The van der Waals surface area contributed by atoms with Crippen molar-refractivity contribution in [2.45, 2.75) is 0 Å². The number of benzene rings is 2. The number of aromatic carboxylic acids is 1. The van der Waals surface area contributed by atoms with E-state index >= 15 is 0 Å². The van der Waals surface area contributed by atoms with Crippen molar-refractivity contribution in [3.05, 3.63) is 46.4 Å². The van der Waals surface area contributed by atoms with E-state index < -0.39 is 5.97 Å². The van der Waals surface area contributed by atoms with Gasteiger partial charge in [-0.3, -0.25) is 0 Å². The van der Waals surface area contributed by atoms with E-state index in [-0.39, 0.29) is 27.3 Å². The van der Waals surface area contributed by atoms with E-state index in [0.29, 0.717) is 5.56 Å². The van der Waals surface area contributed by atoms with Gasteiger partial charge in [0.2, 0.25) is 0 Å². The van der Waals surface area contributed by atoms with Gasteiger partial charge in [-0.15, -0.1) is 0 Å². The Morgan fingerprint density at radius 1 is 1.07 bits per heavy atom. The van der Waals surface area contributed by atoms with Crippen molar-refractivity contribution >= 4 is 32.7 Å². The van der Waals surface area contributed by atoms with Crippen molar-refractivity contribution in [3.63, 3.8) is 0 Å². The first-order chi connectivity index (χ1) is 6.70. The molecule has 4 heteroatoms. The van der Waals surface area contributed by atoms with Gasteiger partial charge in [0.25, 0.3) is 0 Å². The molecular formula is C11H7BrCdO2. The van der Waals surface area contributed by atoms with Crippen LogP contribution in [0.1, 0.15) is 10.4 Å². The summed E-state index contributed by atoms with van der Waals surface area (Å²) in [7, 11) is 0. The third-order valence-electron chi connectivity index (χ3n) is 2.10. The van der Waals surface area contributed by atoms with Gasteiger partial charge in [0.05, 0.1) is 5.56 Å². The molecule has 0 bridgehead atoms. The normalized spacial score (nSPS) is 9.67. The number of rotatable bonds is 1. The largest absolute Gasteiger partial charge is 0.478 e. The Bertz CT molecular complexity index is 511. The molecule has 0 atom stereocenters. The molecule has 0 unspecified atom stereocenters. The molecule has 0 heterocycles. The summed E-state index contributed by atoms with van der Waals surface area (Å²) in [5.41, 5.74) is 0.337. The van der Waals surface area contributed by atoms with Crippen LogP contribution in [0, 0.1) is 0 Å². The van der Waals surface area contributed by atoms with Crippen molar-refractivity contribution in [2.24, 2.45) is 0 Å². The molecule has 0 aliphatic rings. The van der Waals surface area contributed by atoms with E-state index in [2.05, 4.69) is 15.9 Å². The molecule has 2 rings (SSSR count). The monoisotopic (exact) mass is 364 g/mol. The minimum Gasteiger partial charge on any atom is -0.478 e. The fourth-order valence-corrected chi connectivity index (χ4v) is 1.93. The fourth-order valence-electron chi connectivity index (χ4n) is 1.45. The molecule has 15 heavy (non-hydrogen) atoms. The molecule has 2 aromatic carbocycles. The van der Waals surface area contributed by atoms with Gasteiger partial charge in [0, 0.05) is 31.8 Å². The molecule has 2 nitrogen and oxygen atoms in total. The van der Waals surface area contributed by atoms with Crippen molar-refractivity contribution in [3.8, 4) is 0 Å². The van der Waals surface area contributed by atoms with Gasteiger partial charge in [-0.2, -0.15) is 0 Å². The Labute approximate surface area is 116 Å². The molecule has 0 radical (unpaired) electrons. The standard InChI is InChI=1S/C11H7BrO2.Cd/c12-10-6-5-9(11(13)14)7-3-1-2-4-8(7)10;/h1-6H,(H,13,14);. The summed E-state index contributed by atoms with van der Waals surface area (Å²) in [5.74, 6) is -0.895. The van der Waals surface area contributed by atoms with Crippen LogP contribution in [0.25, 0.3) is 10.8 Å². The molecule has 0 amide bonds. The summed E-state index contributed by atoms with van der Waals surface area (Å²) >= 11 is 3.39. The van der Waals surface area contributed by atoms with Crippen molar-refractivity contribution < 1.29 is 37.2 Å². The van der Waals surface area contributed by atoms with E-state index in [1.807, 2.05) is 24.3 Å². The molecule has 72 valence electrons. The Morgan fingerprint density at radius 2 is 1.67 bits per heavy atom. The summed E-state index contributed by atoms with van der Waals surface area (Å²) in [4.78, 5) is 10.9. The first-order valence-corrected chi connectivity index (χ1v) is 4.90. The SMILES string of the molecule is O=C(O)c1ccc(Br)c2ccccc12.[Cd]. The van der Waals surface area contributed by atoms with Gasteiger partial charge < -0.3 is 5.11 Å². The van der Waals surface area contributed by atoms with Crippen LogP contribution in [0.2, 0.25) is 0 Å². The van der Waals surface area contributed by atoms with Crippen LogP contribution in [0.15, 0.2) is 40.9 Å². The van der Waals surface area contributed by atoms with Crippen LogP contribution < -0.4 is 0 Å². The first-order valence-electron chi connectivity index (χ1n) is 4.10. The summed E-state index contributed by atoms with van der Waals surface area (Å²) in [6, 6.07) is 10.8. The molecule has 0 saturated heterocycles. The number of halogens is 1. The molecule has 1 N–H and O–H groups in total. The Kier molecular flexibility index (Phi) is 4.27. The van der Waals surface area contributed by atoms with Crippen LogP contribution in [0.5, 0.6) is 0 Å². The van der Waals surface area contributed by atoms with E-state index in [4.69, 9.17) is 5.11 Å². The van der Waals surface area contributed by atoms with Crippen LogP contribution in [-0.4, -0.2) is 11.1 Å². The minimum atomic E-state index is -0.895. The van der Waals surface area contributed by atoms with E-state index in [1.54, 1.807) is 12.1 Å². The Morgan fingerprint density at radius 3 is 2.27 bits per heavy atom. The topological polar surface area (TPSA) is 37.3 Å². The van der Waals surface area contributed by atoms with Crippen LogP contribution in [-0.2, 0) is 27.3 Å². The van der Waals surface area contributed by atoms with E-state index in [9.17, 15) is 4.79 Å². The van der Waals surface area contributed by atoms with Gasteiger partial charge in [-0.05, 0) is 22.9 Å². The number of hydrogen-bond acceptors (Lipinski definition) is 1. The van der Waals surface area contributed by atoms with Gasteiger partial charge in [-0.1, -0.05) is 40.2 Å². The average Bonchev–Trinajstić information content (AvgIpc) is 2.18. The zero-order chi connectivity index (χ0) is 10.1. The molecular weight excluding hydrogens is 356 g/mol. The number of fused-ring (bicyclic) bond motifs is 1. The van der Waals surface area contributed by atoms with Crippen molar-refractivity contribution in [2.75, 3.05) is 0 Å². The second-order valence-corrected chi connectivity index (χ2v) is 3.80. The third-order valence-corrected chi connectivity index (χ3v) is 2.79. The van der Waals surface area contributed by atoms with Gasteiger partial charge in [0.1, 0.15) is 0 Å². The molecule has 0 fully saturated rings. The van der Waals surface area contributed by atoms with Crippen molar-refractivity contribution in [1.82, 2.24) is 0 Å². The molecule has 0 saturated carbocycles. The van der Waals surface area contributed by atoms with Crippen molar-refractivity contribution in [1.29, 1.82) is 0 Å². The quantitative estimate of drug-likeness (QED) is 0.790. The van der Waals surface area contributed by atoms with Crippen LogP contribution in [0.3, 0.4) is 0 Å². The summed E-state index contributed by atoms with van der Waals surface area (Å²) < 4.78 is 0.915. The number of carboxylic acids is 1. The van der Waals surface area contributed by atoms with E-state index in [0.717, 1.165) is 15.2 Å². The maximum absolute atomic E-state index is 10.9. The Balaban J connectivity index is 0.00000112. The molecule has 0 aromatic heterocycles. The maximum atomic E-state index is 10.9. The van der Waals surface area contributed by atoms with Gasteiger partial charge >= 0.3 is 5.97 Å². The summed E-state index contributed by atoms with van der Waals surface area (Å²) in [5, 5.41) is 10.6. The smallest absolute Gasteiger partial charge is 0.336 e. The predicted octanol–water partition coefficient (Wildman–Crippen LogP) is 3.30. The third kappa shape index (κ3) is 2.39. The van der Waals surface area contributed by atoms with E-state index in [1.165, 1.54) is 0 Å². The zero-order valence-electron chi connectivity index (χ0n) is 7.90. The maximum Gasteiger partial charge on any atom is 0.336 e. The second-order valence-electron chi connectivity index (χ2n) is 2.95. The zero-order valence-corrected chi connectivity index (χ0v) is 13.5. The average molecular weight is 363 g/mol. The minimum absolute atomic E-state index is 0. The second kappa shape index (κ2) is 5.07. The van der Waals surface area contributed by atoms with Crippen LogP contribution >= 0.6 is 15.9 Å². The number of carboxylic acid groups (broad SMARTS) is 1. The van der Waals surface area contributed by atoms with Gasteiger partial charge in [-0.25, -0.2) is 4.79 Å². The fraction of sp³-hybridized carbons (Fsp3) is 0.